The SMILES string of the molecule is Cc1ccc(-c2cc(C(F)(F)F)nn2-c2ccc(S(=O)(=O)NC(=O)[C@H](C)N(C)[N+]([O-])=NOCOC(=O)C(C)C)cc2)cc1. The second-order valence-corrected chi connectivity index (χ2v) is 11.3. The normalized spacial score (nSPS) is 13.0. The number of carbonyl (C=O) groups is 2. The van der Waals surface area contributed by atoms with E-state index in [9.17, 15) is 36.4 Å². The number of carbonyl (C=O) groups excluding carboxylic acids is 2. The molecule has 1 heterocycles. The number of rotatable bonds is 11. The number of aryl methyl sites for hydroxylation is 1. The van der Waals surface area contributed by atoms with Crippen LogP contribution in [0.4, 0.5) is 13.2 Å². The lowest BCUT2D eigenvalue weighted by atomic mass is 10.1. The van der Waals surface area contributed by atoms with Crippen LogP contribution in [0.5, 0.6) is 0 Å². The molecule has 1 aromatic heterocycles. The monoisotopic (exact) mass is 626 g/mol. The van der Waals surface area contributed by atoms with Crippen molar-refractivity contribution in [1.82, 2.24) is 19.5 Å². The molecule has 0 saturated heterocycles. The summed E-state index contributed by atoms with van der Waals surface area (Å²) in [5.74, 6) is -2.12. The Bertz CT molecular complexity index is 1590. The molecule has 3 aromatic rings. The van der Waals surface area contributed by atoms with Gasteiger partial charge in [-0.25, -0.2) is 17.8 Å². The quantitative estimate of drug-likeness (QED) is 0.0831. The second kappa shape index (κ2) is 13.1. The van der Waals surface area contributed by atoms with E-state index in [1.54, 1.807) is 38.1 Å². The van der Waals surface area contributed by atoms with Crippen molar-refractivity contribution in [2.75, 3.05) is 13.8 Å². The predicted octanol–water partition coefficient (Wildman–Crippen LogP) is 3.96. The first-order valence-electron chi connectivity index (χ1n) is 12.6. The molecule has 43 heavy (non-hydrogen) atoms. The van der Waals surface area contributed by atoms with E-state index in [0.717, 1.165) is 35.5 Å². The highest BCUT2D eigenvalue weighted by Crippen LogP contribution is 2.33. The van der Waals surface area contributed by atoms with Crippen molar-refractivity contribution >= 4 is 21.9 Å². The van der Waals surface area contributed by atoms with Crippen molar-refractivity contribution in [3.63, 3.8) is 0 Å². The Morgan fingerprint density at radius 1 is 1.12 bits per heavy atom. The molecular weight excluding hydrogens is 597 g/mol. The Balaban J connectivity index is 1.75. The molecule has 0 aliphatic rings. The fourth-order valence-electron chi connectivity index (χ4n) is 3.39. The van der Waals surface area contributed by atoms with Crippen LogP contribution in [0.15, 0.2) is 64.8 Å². The fraction of sp³-hybridized carbons (Fsp3) is 0.346. The van der Waals surface area contributed by atoms with Gasteiger partial charge in [0, 0.05) is 5.56 Å². The zero-order chi connectivity index (χ0) is 32.1. The number of halogens is 3. The molecule has 0 saturated carbocycles. The molecule has 0 unspecified atom stereocenters. The average Bonchev–Trinajstić information content (AvgIpc) is 3.40. The maximum atomic E-state index is 13.5. The van der Waals surface area contributed by atoms with Gasteiger partial charge in [0.1, 0.15) is 0 Å². The van der Waals surface area contributed by atoms with Gasteiger partial charge in [0.15, 0.2) is 11.7 Å². The standard InChI is InChI=1S/C26H29F3N6O7S/c1-16(2)25(37)41-15-42-32-35(38)33(5)18(4)24(36)31-43(39,40)21-12-10-20(11-13-21)34-22(14-23(30-34)26(27,28)29)19-8-6-17(3)7-9-19/h6-14,16,18H,15H2,1-5H3,(H,31,36)/t18-/m0/s1. The number of likely N-dealkylation sites (N-methyl/N-ethyl adjacent to an activating group) is 1. The van der Waals surface area contributed by atoms with E-state index in [0.29, 0.717) is 10.6 Å². The summed E-state index contributed by atoms with van der Waals surface area (Å²) in [5.41, 5.74) is 0.482. The number of nitrogens with one attached hydrogen (secondary N) is 1. The molecule has 0 fully saturated rings. The van der Waals surface area contributed by atoms with Crippen molar-refractivity contribution in [3.8, 4) is 16.9 Å². The summed E-state index contributed by atoms with van der Waals surface area (Å²) >= 11 is 0. The minimum absolute atomic E-state index is 0.128. The minimum Gasteiger partial charge on any atom is -0.569 e. The number of aromatic nitrogens is 2. The van der Waals surface area contributed by atoms with Crippen molar-refractivity contribution in [1.29, 1.82) is 0 Å². The molecule has 0 bridgehead atoms. The van der Waals surface area contributed by atoms with Gasteiger partial charge in [0.2, 0.25) is 5.28 Å². The Morgan fingerprint density at radius 2 is 1.72 bits per heavy atom. The number of alkyl halides is 3. The Labute approximate surface area is 245 Å². The number of benzene rings is 2. The van der Waals surface area contributed by atoms with Gasteiger partial charge in [-0.3, -0.25) is 9.59 Å². The Hall–Kier alpha value is -4.67. The van der Waals surface area contributed by atoms with E-state index in [4.69, 9.17) is 0 Å². The summed E-state index contributed by atoms with van der Waals surface area (Å²) in [4.78, 5) is 28.1. The largest absolute Gasteiger partial charge is 0.569 e. The first-order chi connectivity index (χ1) is 20.0. The number of nitrogens with zero attached hydrogens (tertiary/aromatic N) is 5. The van der Waals surface area contributed by atoms with Crippen molar-refractivity contribution in [2.45, 2.75) is 44.8 Å². The molecule has 13 nitrogen and oxygen atoms in total. The molecule has 0 radical (unpaired) electrons. The summed E-state index contributed by atoms with van der Waals surface area (Å²) < 4.78 is 73.7. The number of hydrogen-bond acceptors (Lipinski definition) is 9. The number of hydrazine groups is 1. The van der Waals surface area contributed by atoms with Gasteiger partial charge >= 0.3 is 12.1 Å². The van der Waals surface area contributed by atoms with E-state index < -0.39 is 52.5 Å². The highest BCUT2D eigenvalue weighted by atomic mass is 32.2. The smallest absolute Gasteiger partial charge is 0.435 e. The van der Waals surface area contributed by atoms with Crippen molar-refractivity contribution in [3.05, 3.63) is 71.1 Å². The zero-order valence-electron chi connectivity index (χ0n) is 23.7. The lowest BCUT2D eigenvalue weighted by molar-refractivity contribution is -0.710. The average molecular weight is 627 g/mol. The first kappa shape index (κ1) is 32.8. The number of ether oxygens (including phenoxy) is 1. The molecule has 0 aliphatic carbocycles. The van der Waals surface area contributed by atoms with Crippen LogP contribution in [-0.4, -0.2) is 59.9 Å². The molecule has 1 atom stereocenters. The Morgan fingerprint density at radius 3 is 2.28 bits per heavy atom. The van der Waals surface area contributed by atoms with Crippen LogP contribution in [0.2, 0.25) is 0 Å². The zero-order valence-corrected chi connectivity index (χ0v) is 24.5. The predicted molar refractivity (Wildman–Crippen MR) is 144 cm³/mol. The van der Waals surface area contributed by atoms with E-state index >= 15 is 0 Å². The van der Waals surface area contributed by atoms with Gasteiger partial charge < -0.3 is 14.8 Å². The molecule has 0 aliphatic heterocycles. The van der Waals surface area contributed by atoms with Gasteiger partial charge in [-0.2, -0.15) is 18.3 Å². The fourth-order valence-corrected chi connectivity index (χ4v) is 4.44. The molecule has 232 valence electrons. The molecule has 17 heteroatoms. The van der Waals surface area contributed by atoms with Crippen LogP contribution in [-0.2, 0) is 35.4 Å². The maximum Gasteiger partial charge on any atom is 0.435 e. The van der Waals surface area contributed by atoms with Crippen LogP contribution >= 0.6 is 0 Å². The third kappa shape index (κ3) is 8.21. The highest BCUT2D eigenvalue weighted by Gasteiger charge is 2.35. The summed E-state index contributed by atoms with van der Waals surface area (Å²) in [6.45, 7) is 5.57. The molecule has 1 amide bonds. The second-order valence-electron chi connectivity index (χ2n) is 9.60. The minimum atomic E-state index is -4.72. The summed E-state index contributed by atoms with van der Waals surface area (Å²) in [6, 6.07) is 10.9. The topological polar surface area (TPSA) is 158 Å². The lowest BCUT2D eigenvalue weighted by Gasteiger charge is -2.19. The number of amides is 1. The van der Waals surface area contributed by atoms with Crippen LogP contribution in [0.1, 0.15) is 32.0 Å². The summed E-state index contributed by atoms with van der Waals surface area (Å²) in [5, 5.41) is 19.6. The van der Waals surface area contributed by atoms with Crippen molar-refractivity contribution in [2.24, 2.45) is 11.2 Å². The van der Waals surface area contributed by atoms with E-state index in [-0.39, 0.29) is 21.2 Å². The molecule has 0 spiro atoms. The number of hydrogen-bond donors (Lipinski definition) is 1. The van der Waals surface area contributed by atoms with Gasteiger partial charge in [0.25, 0.3) is 22.7 Å². The van der Waals surface area contributed by atoms with Gasteiger partial charge in [-0.1, -0.05) is 43.7 Å². The molecular formula is C26H29F3N6O7S. The van der Waals surface area contributed by atoms with Crippen LogP contribution in [0.3, 0.4) is 0 Å². The molecule has 1 N–H and O–H groups in total. The van der Waals surface area contributed by atoms with E-state index in [1.165, 1.54) is 19.1 Å². The molecule has 3 rings (SSSR count). The third-order valence-electron chi connectivity index (χ3n) is 6.04. The van der Waals surface area contributed by atoms with Gasteiger partial charge in [-0.15, -0.1) is 5.01 Å². The lowest BCUT2D eigenvalue weighted by Crippen LogP contribution is -2.47. The number of sulfonamides is 1. The van der Waals surface area contributed by atoms with Crippen LogP contribution < -0.4 is 4.72 Å². The van der Waals surface area contributed by atoms with Crippen LogP contribution in [0.25, 0.3) is 16.9 Å². The van der Waals surface area contributed by atoms with Gasteiger partial charge in [-0.05, 0) is 44.2 Å². The maximum absolute atomic E-state index is 13.5. The first-order valence-corrected chi connectivity index (χ1v) is 14.1. The van der Waals surface area contributed by atoms with E-state index in [1.807, 2.05) is 11.6 Å². The van der Waals surface area contributed by atoms with Crippen molar-refractivity contribution < 1.29 is 45.7 Å². The summed E-state index contributed by atoms with van der Waals surface area (Å²) in [6.07, 6.45) is -4.72. The molecule has 2 aromatic carbocycles. The third-order valence-corrected chi connectivity index (χ3v) is 7.40. The van der Waals surface area contributed by atoms with Gasteiger partial charge in [0.05, 0.1) is 34.2 Å². The number of esters is 1. The summed E-state index contributed by atoms with van der Waals surface area (Å²) in [7, 11) is -3.33. The van der Waals surface area contributed by atoms with E-state index in [2.05, 4.69) is 20.0 Å². The van der Waals surface area contributed by atoms with Crippen LogP contribution in [0, 0.1) is 18.0 Å². The highest BCUT2D eigenvalue weighted by molar-refractivity contribution is 7.90. The Kier molecular flexibility index (Phi) is 10.0.